The number of rotatable bonds is 2. The Hall–Kier alpha value is -1.12. The van der Waals surface area contributed by atoms with E-state index in [0.717, 1.165) is 0 Å². The van der Waals surface area contributed by atoms with Crippen molar-refractivity contribution in [2.24, 2.45) is 11.8 Å². The van der Waals surface area contributed by atoms with Gasteiger partial charge in [0.2, 0.25) is 0 Å². The number of hydrogen-bond acceptors (Lipinski definition) is 0. The van der Waals surface area contributed by atoms with E-state index in [4.69, 9.17) is 0 Å². The molecule has 2 bridgehead atoms. The van der Waals surface area contributed by atoms with Crippen LogP contribution in [0.4, 0.5) is 0 Å². The Bertz CT molecular complexity index is 911. The summed E-state index contributed by atoms with van der Waals surface area (Å²) in [6, 6.07) is 18.5. The standard InChI is InChI=1S/C29H34Br2/c1-28(2,3)20-11-7-18(8-12-20)22-16-26(30)25-15-24(22)27(31)17-23(25)19-9-13-21(14-10-19)29(4,5)6/h7-14,16-17,24-27H,15H2,1-6H3/t24-,25-,26+,27+/m0/s1. The first-order valence-corrected chi connectivity index (χ1v) is 13.2. The summed E-state index contributed by atoms with van der Waals surface area (Å²) in [6.07, 6.45) is 6.11. The first kappa shape index (κ1) is 23.1. The van der Waals surface area contributed by atoms with Gasteiger partial charge in [-0.3, -0.25) is 0 Å². The van der Waals surface area contributed by atoms with Crippen LogP contribution in [0, 0.1) is 11.8 Å². The zero-order valence-corrected chi connectivity index (χ0v) is 22.7. The van der Waals surface area contributed by atoms with Gasteiger partial charge >= 0.3 is 0 Å². The van der Waals surface area contributed by atoms with Gasteiger partial charge in [-0.1, -0.05) is 134 Å². The van der Waals surface area contributed by atoms with Gasteiger partial charge in [0.25, 0.3) is 0 Å². The fraction of sp³-hybridized carbons (Fsp3) is 0.448. The Labute approximate surface area is 205 Å². The highest BCUT2D eigenvalue weighted by Gasteiger charge is 2.39. The maximum atomic E-state index is 4.03. The molecule has 0 aromatic heterocycles. The molecule has 164 valence electrons. The van der Waals surface area contributed by atoms with Gasteiger partial charge < -0.3 is 0 Å². The molecule has 4 atom stereocenters. The normalized spacial score (nSPS) is 26.3. The summed E-state index contributed by atoms with van der Waals surface area (Å²) in [5, 5.41) is 0. The lowest BCUT2D eigenvalue weighted by Crippen LogP contribution is -2.33. The zero-order chi connectivity index (χ0) is 22.6. The molecule has 0 aliphatic heterocycles. The van der Waals surface area contributed by atoms with Crippen molar-refractivity contribution in [1.82, 2.24) is 0 Å². The molecule has 0 saturated heterocycles. The summed E-state index contributed by atoms with van der Waals surface area (Å²) in [7, 11) is 0. The van der Waals surface area contributed by atoms with Crippen molar-refractivity contribution in [3.63, 3.8) is 0 Å². The van der Waals surface area contributed by atoms with Gasteiger partial charge in [0.15, 0.2) is 0 Å². The molecule has 0 saturated carbocycles. The summed E-state index contributed by atoms with van der Waals surface area (Å²) in [6.45, 7) is 13.6. The van der Waals surface area contributed by atoms with Crippen molar-refractivity contribution in [3.8, 4) is 0 Å². The first-order valence-electron chi connectivity index (χ1n) is 11.4. The second kappa shape index (κ2) is 8.34. The molecule has 0 N–H and O–H groups in total. The molecule has 2 aliphatic rings. The second-order valence-corrected chi connectivity index (χ2v) is 13.4. The summed E-state index contributed by atoms with van der Waals surface area (Å²) in [5.41, 5.74) is 8.81. The Morgan fingerprint density at radius 3 is 1.19 bits per heavy atom. The molecule has 0 unspecified atom stereocenters. The lowest BCUT2D eigenvalue weighted by atomic mass is 9.68. The van der Waals surface area contributed by atoms with Crippen LogP contribution in [0.25, 0.3) is 11.1 Å². The largest absolute Gasteiger partial charge is 0.0838 e. The minimum Gasteiger partial charge on any atom is -0.0838 e. The lowest BCUT2D eigenvalue weighted by molar-refractivity contribution is 0.488. The molecule has 2 aromatic carbocycles. The van der Waals surface area contributed by atoms with Crippen molar-refractivity contribution in [3.05, 3.63) is 82.9 Å². The topological polar surface area (TPSA) is 0 Å². The van der Waals surface area contributed by atoms with Crippen molar-refractivity contribution in [2.45, 2.75) is 68.4 Å². The van der Waals surface area contributed by atoms with E-state index in [1.165, 1.54) is 39.8 Å². The van der Waals surface area contributed by atoms with E-state index in [9.17, 15) is 0 Å². The Balaban J connectivity index is 1.63. The van der Waals surface area contributed by atoms with E-state index in [0.29, 0.717) is 21.5 Å². The molecular weight excluding hydrogens is 508 g/mol. The molecule has 4 rings (SSSR count). The van der Waals surface area contributed by atoms with E-state index in [1.807, 2.05) is 0 Å². The molecule has 0 nitrogen and oxygen atoms in total. The van der Waals surface area contributed by atoms with Crippen molar-refractivity contribution in [2.75, 3.05) is 0 Å². The van der Waals surface area contributed by atoms with Crippen LogP contribution in [0.5, 0.6) is 0 Å². The molecule has 2 heteroatoms. The maximum Gasteiger partial charge on any atom is 0.0400 e. The third kappa shape index (κ3) is 4.67. The van der Waals surface area contributed by atoms with Gasteiger partial charge in [0.05, 0.1) is 0 Å². The van der Waals surface area contributed by atoms with Gasteiger partial charge in [-0.05, 0) is 50.7 Å². The van der Waals surface area contributed by atoms with Crippen LogP contribution in [0.2, 0.25) is 0 Å². The fourth-order valence-electron chi connectivity index (χ4n) is 4.90. The quantitative estimate of drug-likeness (QED) is 0.333. The fourth-order valence-corrected chi connectivity index (χ4v) is 6.47. The Kier molecular flexibility index (Phi) is 6.20. The van der Waals surface area contributed by atoms with Crippen LogP contribution in [0.15, 0.2) is 60.7 Å². The van der Waals surface area contributed by atoms with Crippen LogP contribution in [-0.4, -0.2) is 9.65 Å². The minimum absolute atomic E-state index is 0.186. The molecule has 0 fully saturated rings. The molecule has 2 aromatic rings. The van der Waals surface area contributed by atoms with E-state index in [1.54, 1.807) is 0 Å². The highest BCUT2D eigenvalue weighted by Crippen LogP contribution is 2.51. The number of fused-ring (bicyclic) bond motifs is 2. The number of allylic oxidation sites excluding steroid dienone is 4. The maximum absolute atomic E-state index is 4.03. The third-order valence-electron chi connectivity index (χ3n) is 6.92. The number of hydrogen-bond donors (Lipinski definition) is 0. The zero-order valence-electron chi connectivity index (χ0n) is 19.5. The van der Waals surface area contributed by atoms with Gasteiger partial charge in [-0.15, -0.1) is 0 Å². The first-order chi connectivity index (χ1) is 14.4. The van der Waals surface area contributed by atoms with Crippen molar-refractivity contribution < 1.29 is 0 Å². The predicted octanol–water partition coefficient (Wildman–Crippen LogP) is 8.93. The Morgan fingerprint density at radius 2 is 0.903 bits per heavy atom. The van der Waals surface area contributed by atoms with Gasteiger partial charge in [0.1, 0.15) is 0 Å². The molecular formula is C29H34Br2. The summed E-state index contributed by atoms with van der Waals surface area (Å²) in [4.78, 5) is 0.712. The summed E-state index contributed by atoms with van der Waals surface area (Å²) in [5.74, 6) is 1.02. The van der Waals surface area contributed by atoms with Crippen LogP contribution < -0.4 is 0 Å². The lowest BCUT2D eigenvalue weighted by Gasteiger charge is -2.41. The van der Waals surface area contributed by atoms with Gasteiger partial charge in [-0.2, -0.15) is 0 Å². The van der Waals surface area contributed by atoms with E-state index >= 15 is 0 Å². The average Bonchev–Trinajstić information content (AvgIpc) is 2.71. The smallest absolute Gasteiger partial charge is 0.0400 e. The molecule has 2 aliphatic carbocycles. The van der Waals surface area contributed by atoms with E-state index in [2.05, 4.69) is 134 Å². The minimum atomic E-state index is 0.186. The number of benzene rings is 2. The van der Waals surface area contributed by atoms with Gasteiger partial charge in [-0.25, -0.2) is 0 Å². The molecule has 0 heterocycles. The third-order valence-corrected chi connectivity index (χ3v) is 8.73. The van der Waals surface area contributed by atoms with Crippen molar-refractivity contribution >= 4 is 43.0 Å². The monoisotopic (exact) mass is 540 g/mol. The highest BCUT2D eigenvalue weighted by atomic mass is 79.9. The molecule has 0 radical (unpaired) electrons. The van der Waals surface area contributed by atoms with E-state index in [-0.39, 0.29) is 10.8 Å². The number of alkyl halides is 2. The molecule has 0 amide bonds. The van der Waals surface area contributed by atoms with Gasteiger partial charge in [0, 0.05) is 21.5 Å². The van der Waals surface area contributed by atoms with Crippen LogP contribution >= 0.6 is 31.9 Å². The SMILES string of the molecule is CC(C)(C)c1ccc(C2=C[C@@H](Br)[C@H]3C[C@@H]2[C@H](Br)C=C3c2ccc(C(C)(C)C)cc2)cc1. The van der Waals surface area contributed by atoms with Crippen molar-refractivity contribution in [1.29, 1.82) is 0 Å². The van der Waals surface area contributed by atoms with E-state index < -0.39 is 0 Å². The summed E-state index contributed by atoms with van der Waals surface area (Å²) < 4.78 is 0. The summed E-state index contributed by atoms with van der Waals surface area (Å²) >= 11 is 8.06. The van der Waals surface area contributed by atoms with Crippen LogP contribution in [-0.2, 0) is 10.8 Å². The number of halogens is 2. The molecule has 31 heavy (non-hydrogen) atoms. The Morgan fingerprint density at radius 1 is 0.581 bits per heavy atom. The van der Waals surface area contributed by atoms with Crippen LogP contribution in [0.3, 0.4) is 0 Å². The average molecular weight is 542 g/mol. The van der Waals surface area contributed by atoms with Crippen LogP contribution in [0.1, 0.15) is 70.2 Å². The molecule has 0 spiro atoms. The highest BCUT2D eigenvalue weighted by molar-refractivity contribution is 9.10. The second-order valence-electron chi connectivity index (χ2n) is 11.2. The predicted molar refractivity (Wildman–Crippen MR) is 143 cm³/mol.